The van der Waals surface area contributed by atoms with E-state index in [1.54, 1.807) is 6.21 Å². The summed E-state index contributed by atoms with van der Waals surface area (Å²) in [6, 6.07) is 14.0. The molecule has 0 spiro atoms. The van der Waals surface area contributed by atoms with Crippen molar-refractivity contribution >= 4 is 43.8 Å². The Hall–Kier alpha value is -1.13. The molecule has 0 atom stereocenters. The van der Waals surface area contributed by atoms with Gasteiger partial charge in [0.05, 0.1) is 11.9 Å². The minimum Gasteiger partial charge on any atom is -0.279 e. The second-order valence-electron chi connectivity index (χ2n) is 3.86. The molecule has 0 saturated heterocycles. The van der Waals surface area contributed by atoms with Crippen molar-refractivity contribution in [2.75, 3.05) is 5.43 Å². The van der Waals surface area contributed by atoms with Crippen LogP contribution in [-0.4, -0.2) is 6.21 Å². The Bertz CT molecular complexity index is 566. The van der Waals surface area contributed by atoms with E-state index in [1.807, 2.05) is 36.4 Å². The average molecular weight is 368 g/mol. The van der Waals surface area contributed by atoms with E-state index < -0.39 is 0 Å². The summed E-state index contributed by atoms with van der Waals surface area (Å²) in [5.41, 5.74) is 6.17. The summed E-state index contributed by atoms with van der Waals surface area (Å²) in [7, 11) is 0. The maximum absolute atomic E-state index is 4.22. The van der Waals surface area contributed by atoms with Gasteiger partial charge in [0.1, 0.15) is 0 Å². The fraction of sp³-hybridized carbons (Fsp3) is 0.0714. The number of anilines is 1. The molecule has 0 bridgehead atoms. The molecule has 18 heavy (non-hydrogen) atoms. The number of halogens is 2. The molecule has 0 saturated carbocycles. The van der Waals surface area contributed by atoms with Gasteiger partial charge in [-0.3, -0.25) is 5.43 Å². The van der Waals surface area contributed by atoms with Crippen LogP contribution >= 0.6 is 31.9 Å². The first-order chi connectivity index (χ1) is 8.66. The SMILES string of the molecule is Cc1cc(Br)c(/C=N/Nc2ccccc2)cc1Br. The first-order valence-corrected chi connectivity index (χ1v) is 7.05. The number of benzene rings is 2. The third kappa shape index (κ3) is 3.43. The molecule has 0 aliphatic rings. The van der Waals surface area contributed by atoms with E-state index in [4.69, 9.17) is 0 Å². The number of hydrazone groups is 1. The van der Waals surface area contributed by atoms with E-state index in [0.717, 1.165) is 20.2 Å². The van der Waals surface area contributed by atoms with Gasteiger partial charge in [-0.1, -0.05) is 50.1 Å². The summed E-state index contributed by atoms with van der Waals surface area (Å²) in [6.45, 7) is 2.05. The summed E-state index contributed by atoms with van der Waals surface area (Å²) in [4.78, 5) is 0. The van der Waals surface area contributed by atoms with E-state index >= 15 is 0 Å². The first-order valence-electron chi connectivity index (χ1n) is 5.46. The fourth-order valence-electron chi connectivity index (χ4n) is 1.45. The molecule has 4 heteroatoms. The van der Waals surface area contributed by atoms with Crippen LogP contribution in [0.25, 0.3) is 0 Å². The predicted molar refractivity (Wildman–Crippen MR) is 84.2 cm³/mol. The zero-order valence-corrected chi connectivity index (χ0v) is 13.0. The number of rotatable bonds is 3. The zero-order chi connectivity index (χ0) is 13.0. The van der Waals surface area contributed by atoms with E-state index in [0.29, 0.717) is 0 Å². The van der Waals surface area contributed by atoms with Crippen molar-refractivity contribution in [3.8, 4) is 0 Å². The normalized spacial score (nSPS) is 10.8. The van der Waals surface area contributed by atoms with Crippen molar-refractivity contribution in [3.63, 3.8) is 0 Å². The molecule has 2 aromatic carbocycles. The molecule has 0 fully saturated rings. The van der Waals surface area contributed by atoms with Gasteiger partial charge in [-0.25, -0.2) is 0 Å². The van der Waals surface area contributed by atoms with Crippen molar-refractivity contribution in [3.05, 3.63) is 62.5 Å². The quantitative estimate of drug-likeness (QED) is 0.601. The number of hydrogen-bond acceptors (Lipinski definition) is 2. The molecule has 2 aromatic rings. The molecule has 2 rings (SSSR count). The minimum atomic E-state index is 0.969. The van der Waals surface area contributed by atoms with E-state index in [9.17, 15) is 0 Å². The van der Waals surface area contributed by atoms with Crippen LogP contribution in [0.2, 0.25) is 0 Å². The van der Waals surface area contributed by atoms with Gasteiger partial charge in [0, 0.05) is 14.5 Å². The van der Waals surface area contributed by atoms with Crippen molar-refractivity contribution in [1.82, 2.24) is 0 Å². The highest BCUT2D eigenvalue weighted by Gasteiger charge is 2.01. The molecule has 0 unspecified atom stereocenters. The summed E-state index contributed by atoms with van der Waals surface area (Å²) in [5.74, 6) is 0. The molecule has 0 heterocycles. The van der Waals surface area contributed by atoms with Crippen LogP contribution in [0.5, 0.6) is 0 Å². The van der Waals surface area contributed by atoms with Gasteiger partial charge in [0.15, 0.2) is 0 Å². The lowest BCUT2D eigenvalue weighted by Crippen LogP contribution is -1.92. The number of aryl methyl sites for hydroxylation is 1. The fourth-order valence-corrected chi connectivity index (χ4v) is 2.37. The summed E-state index contributed by atoms with van der Waals surface area (Å²) in [5, 5.41) is 4.22. The Morgan fingerprint density at radius 2 is 1.78 bits per heavy atom. The molecule has 0 aliphatic heterocycles. The van der Waals surface area contributed by atoms with Gasteiger partial charge >= 0.3 is 0 Å². The van der Waals surface area contributed by atoms with Crippen molar-refractivity contribution in [1.29, 1.82) is 0 Å². The van der Waals surface area contributed by atoms with Crippen molar-refractivity contribution in [2.45, 2.75) is 6.92 Å². The molecule has 0 aliphatic carbocycles. The minimum absolute atomic E-state index is 0.969. The van der Waals surface area contributed by atoms with Gasteiger partial charge in [-0.15, -0.1) is 0 Å². The Labute approximate surface area is 123 Å². The molecule has 2 nitrogen and oxygen atoms in total. The first kappa shape index (κ1) is 13.3. The van der Waals surface area contributed by atoms with E-state index in [2.05, 4.69) is 55.4 Å². The number of hydrogen-bond donors (Lipinski definition) is 1. The Morgan fingerprint density at radius 1 is 1.06 bits per heavy atom. The maximum Gasteiger partial charge on any atom is 0.0561 e. The third-order valence-electron chi connectivity index (χ3n) is 2.45. The highest BCUT2D eigenvalue weighted by atomic mass is 79.9. The largest absolute Gasteiger partial charge is 0.279 e. The molecular weight excluding hydrogens is 356 g/mol. The van der Waals surface area contributed by atoms with Gasteiger partial charge in [-0.05, 0) is 36.8 Å². The van der Waals surface area contributed by atoms with Crippen LogP contribution < -0.4 is 5.43 Å². The van der Waals surface area contributed by atoms with Crippen LogP contribution in [0.15, 0.2) is 56.5 Å². The predicted octanol–water partition coefficient (Wildman–Crippen LogP) is 4.97. The average Bonchev–Trinajstić information content (AvgIpc) is 2.37. The molecule has 0 amide bonds. The van der Waals surface area contributed by atoms with Crippen molar-refractivity contribution < 1.29 is 0 Å². The van der Waals surface area contributed by atoms with E-state index in [1.165, 1.54) is 5.56 Å². The molecule has 0 aromatic heterocycles. The van der Waals surface area contributed by atoms with Crippen LogP contribution in [0.4, 0.5) is 5.69 Å². The van der Waals surface area contributed by atoms with Crippen molar-refractivity contribution in [2.24, 2.45) is 5.10 Å². The molecule has 1 N–H and O–H groups in total. The molecular formula is C14H12Br2N2. The Balaban J connectivity index is 2.12. The lowest BCUT2D eigenvalue weighted by molar-refractivity contribution is 1.34. The topological polar surface area (TPSA) is 24.4 Å². The lowest BCUT2D eigenvalue weighted by atomic mass is 10.2. The second-order valence-corrected chi connectivity index (χ2v) is 5.57. The van der Waals surface area contributed by atoms with Gasteiger partial charge in [0.2, 0.25) is 0 Å². The highest BCUT2D eigenvalue weighted by molar-refractivity contribution is 9.11. The van der Waals surface area contributed by atoms with Crippen LogP contribution in [0.3, 0.4) is 0 Å². The lowest BCUT2D eigenvalue weighted by Gasteiger charge is -2.03. The summed E-state index contributed by atoms with van der Waals surface area (Å²) in [6.07, 6.45) is 1.79. The molecule has 0 radical (unpaired) electrons. The van der Waals surface area contributed by atoms with Crippen LogP contribution in [0, 0.1) is 6.92 Å². The standard InChI is InChI=1S/C14H12Br2N2/c1-10-7-14(16)11(8-13(10)15)9-17-18-12-5-3-2-4-6-12/h2-9,18H,1H3/b17-9+. The molecule has 92 valence electrons. The maximum atomic E-state index is 4.22. The van der Waals surface area contributed by atoms with Crippen LogP contribution in [0.1, 0.15) is 11.1 Å². The highest BCUT2D eigenvalue weighted by Crippen LogP contribution is 2.24. The Morgan fingerprint density at radius 3 is 2.50 bits per heavy atom. The monoisotopic (exact) mass is 366 g/mol. The smallest absolute Gasteiger partial charge is 0.0561 e. The second kappa shape index (κ2) is 6.16. The van der Waals surface area contributed by atoms with Gasteiger partial charge in [-0.2, -0.15) is 5.10 Å². The third-order valence-corrected chi connectivity index (χ3v) is 3.99. The van der Waals surface area contributed by atoms with Crippen LogP contribution in [-0.2, 0) is 0 Å². The zero-order valence-electron chi connectivity index (χ0n) is 9.82. The summed E-state index contributed by atoms with van der Waals surface area (Å²) >= 11 is 7.04. The summed E-state index contributed by atoms with van der Waals surface area (Å²) < 4.78 is 2.11. The van der Waals surface area contributed by atoms with Gasteiger partial charge in [0.25, 0.3) is 0 Å². The number of para-hydroxylation sites is 1. The number of nitrogens with one attached hydrogen (secondary N) is 1. The van der Waals surface area contributed by atoms with E-state index in [-0.39, 0.29) is 0 Å². The van der Waals surface area contributed by atoms with Gasteiger partial charge < -0.3 is 0 Å². The Kier molecular flexibility index (Phi) is 4.55. The number of nitrogens with zero attached hydrogens (tertiary/aromatic N) is 1.